The van der Waals surface area contributed by atoms with Gasteiger partial charge in [0.15, 0.2) is 0 Å². The SMILES string of the molecule is CC(C)(C)NC(=O)c1cccc(S(=O)(=O)N(Cc2ccccc2)c2ccccc2Cl)c1. The third-order valence-corrected chi connectivity index (χ3v) is 6.54. The first kappa shape index (κ1) is 22.8. The van der Waals surface area contributed by atoms with Crippen LogP contribution in [0.4, 0.5) is 5.69 Å². The second-order valence-electron chi connectivity index (χ2n) is 8.18. The summed E-state index contributed by atoms with van der Waals surface area (Å²) in [6.07, 6.45) is 0. The van der Waals surface area contributed by atoms with Gasteiger partial charge in [-0.05, 0) is 56.7 Å². The highest BCUT2D eigenvalue weighted by molar-refractivity contribution is 7.92. The smallest absolute Gasteiger partial charge is 0.264 e. The molecule has 0 aliphatic rings. The van der Waals surface area contributed by atoms with Gasteiger partial charge in [-0.3, -0.25) is 9.10 Å². The van der Waals surface area contributed by atoms with E-state index in [-0.39, 0.29) is 22.9 Å². The van der Waals surface area contributed by atoms with Crippen molar-refractivity contribution in [2.75, 3.05) is 4.31 Å². The van der Waals surface area contributed by atoms with Crippen molar-refractivity contribution in [1.82, 2.24) is 5.32 Å². The molecule has 162 valence electrons. The third-order valence-electron chi connectivity index (χ3n) is 4.46. The Labute approximate surface area is 188 Å². The van der Waals surface area contributed by atoms with E-state index in [0.717, 1.165) is 5.56 Å². The van der Waals surface area contributed by atoms with Crippen molar-refractivity contribution in [2.24, 2.45) is 0 Å². The molecule has 0 bridgehead atoms. The Kier molecular flexibility index (Phi) is 6.72. The molecule has 0 atom stereocenters. The normalized spacial score (nSPS) is 11.7. The molecule has 31 heavy (non-hydrogen) atoms. The van der Waals surface area contributed by atoms with E-state index < -0.39 is 15.6 Å². The summed E-state index contributed by atoms with van der Waals surface area (Å²) in [6, 6.07) is 22.1. The van der Waals surface area contributed by atoms with Gasteiger partial charge in [0.2, 0.25) is 0 Å². The maximum absolute atomic E-state index is 13.7. The summed E-state index contributed by atoms with van der Waals surface area (Å²) < 4.78 is 28.6. The van der Waals surface area contributed by atoms with Crippen LogP contribution in [-0.4, -0.2) is 19.9 Å². The van der Waals surface area contributed by atoms with Crippen molar-refractivity contribution in [3.05, 3.63) is 95.0 Å². The van der Waals surface area contributed by atoms with Crippen LogP contribution in [0.25, 0.3) is 0 Å². The molecule has 1 N–H and O–H groups in total. The molecule has 3 rings (SSSR count). The summed E-state index contributed by atoms with van der Waals surface area (Å²) in [7, 11) is -4.01. The lowest BCUT2D eigenvalue weighted by molar-refractivity contribution is 0.0919. The number of nitrogens with one attached hydrogen (secondary N) is 1. The Morgan fingerprint density at radius 3 is 2.23 bits per heavy atom. The minimum Gasteiger partial charge on any atom is -0.347 e. The first-order chi connectivity index (χ1) is 14.6. The van der Waals surface area contributed by atoms with Gasteiger partial charge in [0, 0.05) is 11.1 Å². The number of benzene rings is 3. The Hall–Kier alpha value is -2.83. The fourth-order valence-corrected chi connectivity index (χ4v) is 4.85. The van der Waals surface area contributed by atoms with Gasteiger partial charge in [0.05, 0.1) is 22.2 Å². The number of amides is 1. The molecular formula is C24H25ClN2O3S. The number of rotatable bonds is 6. The number of sulfonamides is 1. The molecule has 0 radical (unpaired) electrons. The average Bonchev–Trinajstić information content (AvgIpc) is 2.72. The topological polar surface area (TPSA) is 66.5 Å². The van der Waals surface area contributed by atoms with E-state index in [2.05, 4.69) is 5.32 Å². The number of nitrogens with zero attached hydrogens (tertiary/aromatic N) is 1. The number of halogens is 1. The van der Waals surface area contributed by atoms with Gasteiger partial charge in [-0.2, -0.15) is 0 Å². The van der Waals surface area contributed by atoms with Crippen LogP contribution >= 0.6 is 11.6 Å². The minimum absolute atomic E-state index is 0.0184. The van der Waals surface area contributed by atoms with Crippen LogP contribution in [0.5, 0.6) is 0 Å². The zero-order valence-electron chi connectivity index (χ0n) is 17.7. The van der Waals surface area contributed by atoms with E-state index in [0.29, 0.717) is 10.7 Å². The number of anilines is 1. The first-order valence-electron chi connectivity index (χ1n) is 9.82. The number of para-hydroxylation sites is 1. The standard InChI is InChI=1S/C24H25ClN2O3S/c1-24(2,3)26-23(28)19-12-9-13-20(16-19)31(29,30)27(17-18-10-5-4-6-11-18)22-15-8-7-14-21(22)25/h4-16H,17H2,1-3H3,(H,26,28). The quantitative estimate of drug-likeness (QED) is 0.549. The van der Waals surface area contributed by atoms with Gasteiger partial charge in [-0.1, -0.05) is 60.1 Å². The molecule has 7 heteroatoms. The molecule has 3 aromatic rings. The third kappa shape index (κ3) is 5.66. The van der Waals surface area contributed by atoms with E-state index in [9.17, 15) is 13.2 Å². The summed E-state index contributed by atoms with van der Waals surface area (Å²) in [5, 5.41) is 3.18. The molecule has 0 aliphatic carbocycles. The van der Waals surface area contributed by atoms with Crippen molar-refractivity contribution in [3.8, 4) is 0 Å². The highest BCUT2D eigenvalue weighted by atomic mass is 35.5. The number of carbonyl (C=O) groups is 1. The second-order valence-corrected chi connectivity index (χ2v) is 10.5. The largest absolute Gasteiger partial charge is 0.347 e. The number of hydrogen-bond acceptors (Lipinski definition) is 3. The van der Waals surface area contributed by atoms with Crippen molar-refractivity contribution in [1.29, 1.82) is 0 Å². The molecule has 0 unspecified atom stereocenters. The van der Waals surface area contributed by atoms with Crippen LogP contribution in [-0.2, 0) is 16.6 Å². The van der Waals surface area contributed by atoms with Gasteiger partial charge in [-0.15, -0.1) is 0 Å². The van der Waals surface area contributed by atoms with Crippen molar-refractivity contribution >= 4 is 33.2 Å². The van der Waals surface area contributed by atoms with Crippen LogP contribution in [0, 0.1) is 0 Å². The van der Waals surface area contributed by atoms with Crippen LogP contribution < -0.4 is 9.62 Å². The maximum Gasteiger partial charge on any atom is 0.264 e. The summed E-state index contributed by atoms with van der Waals surface area (Å²) in [5.41, 5.74) is 1.02. The molecule has 5 nitrogen and oxygen atoms in total. The fourth-order valence-electron chi connectivity index (χ4n) is 3.04. The van der Waals surface area contributed by atoms with Gasteiger partial charge in [0.25, 0.3) is 15.9 Å². The predicted molar refractivity (Wildman–Crippen MR) is 125 cm³/mol. The Balaban J connectivity index is 2.05. The molecule has 0 spiro atoms. The minimum atomic E-state index is -4.01. The van der Waals surface area contributed by atoms with Crippen LogP contribution in [0.15, 0.2) is 83.8 Å². The molecule has 0 heterocycles. The number of hydrogen-bond donors (Lipinski definition) is 1. The monoisotopic (exact) mass is 456 g/mol. The van der Waals surface area contributed by atoms with Gasteiger partial charge in [0.1, 0.15) is 0 Å². The predicted octanol–water partition coefficient (Wildman–Crippen LogP) is 5.26. The van der Waals surface area contributed by atoms with Crippen molar-refractivity contribution in [2.45, 2.75) is 37.8 Å². The molecule has 0 aromatic heterocycles. The average molecular weight is 457 g/mol. The lowest BCUT2D eigenvalue weighted by Gasteiger charge is -2.26. The highest BCUT2D eigenvalue weighted by Gasteiger charge is 2.28. The van der Waals surface area contributed by atoms with E-state index in [1.54, 1.807) is 36.4 Å². The summed E-state index contributed by atoms with van der Waals surface area (Å²) >= 11 is 6.36. The lowest BCUT2D eigenvalue weighted by Crippen LogP contribution is -2.40. The van der Waals surface area contributed by atoms with Gasteiger partial charge < -0.3 is 5.32 Å². The Bertz CT molecular complexity index is 1170. The van der Waals surface area contributed by atoms with Crippen molar-refractivity contribution in [3.63, 3.8) is 0 Å². The molecule has 3 aromatic carbocycles. The van der Waals surface area contributed by atoms with Gasteiger partial charge >= 0.3 is 0 Å². The van der Waals surface area contributed by atoms with E-state index in [4.69, 9.17) is 11.6 Å². The van der Waals surface area contributed by atoms with Gasteiger partial charge in [-0.25, -0.2) is 8.42 Å². The van der Waals surface area contributed by atoms with Crippen molar-refractivity contribution < 1.29 is 13.2 Å². The van der Waals surface area contributed by atoms with E-state index >= 15 is 0 Å². The van der Waals surface area contributed by atoms with Crippen LogP contribution in [0.2, 0.25) is 5.02 Å². The van der Waals surface area contributed by atoms with Crippen LogP contribution in [0.1, 0.15) is 36.7 Å². The molecule has 0 aliphatic heterocycles. The van der Waals surface area contributed by atoms with E-state index in [1.165, 1.54) is 16.4 Å². The molecule has 0 fully saturated rings. The van der Waals surface area contributed by atoms with Crippen LogP contribution in [0.3, 0.4) is 0 Å². The number of carbonyl (C=O) groups excluding carboxylic acids is 1. The zero-order chi connectivity index (χ0) is 22.6. The Morgan fingerprint density at radius 2 is 1.58 bits per heavy atom. The first-order valence-corrected chi connectivity index (χ1v) is 11.6. The second kappa shape index (κ2) is 9.12. The summed E-state index contributed by atoms with van der Waals surface area (Å²) in [4.78, 5) is 12.6. The van der Waals surface area contributed by atoms with E-state index in [1.807, 2.05) is 51.1 Å². The highest BCUT2D eigenvalue weighted by Crippen LogP contribution is 2.32. The maximum atomic E-state index is 13.7. The molecule has 0 saturated carbocycles. The molecular weight excluding hydrogens is 432 g/mol. The molecule has 1 amide bonds. The fraction of sp³-hybridized carbons (Fsp3) is 0.208. The zero-order valence-corrected chi connectivity index (χ0v) is 19.2. The summed E-state index contributed by atoms with van der Waals surface area (Å²) in [6.45, 7) is 5.70. The lowest BCUT2D eigenvalue weighted by atomic mass is 10.1. The summed E-state index contributed by atoms with van der Waals surface area (Å²) in [5.74, 6) is -0.336. The Morgan fingerprint density at radius 1 is 0.935 bits per heavy atom. The molecule has 0 saturated heterocycles.